The molecular formula is C62H121NO4. The van der Waals surface area contributed by atoms with Gasteiger partial charge in [-0.3, -0.25) is 4.79 Å². The molecule has 3 unspecified atom stereocenters. The maximum absolute atomic E-state index is 12.6. The maximum atomic E-state index is 12.6. The summed E-state index contributed by atoms with van der Waals surface area (Å²) in [5, 5.41) is 33.4. The molecule has 0 aliphatic rings. The molecule has 1 amide bonds. The van der Waals surface area contributed by atoms with E-state index >= 15 is 0 Å². The Labute approximate surface area is 420 Å². The summed E-state index contributed by atoms with van der Waals surface area (Å²) in [6.45, 7) is 4.22. The molecule has 0 aromatic rings. The van der Waals surface area contributed by atoms with E-state index in [0.29, 0.717) is 6.42 Å². The highest BCUT2D eigenvalue weighted by atomic mass is 16.3. The smallest absolute Gasteiger partial charge is 0.249 e. The molecule has 0 aliphatic carbocycles. The van der Waals surface area contributed by atoms with Crippen LogP contribution in [0.3, 0.4) is 0 Å². The largest absolute Gasteiger partial charge is 0.394 e. The van der Waals surface area contributed by atoms with Crippen LogP contribution in [-0.4, -0.2) is 46.1 Å². The quantitative estimate of drug-likeness (QED) is 0.0361. The first-order valence-corrected chi connectivity index (χ1v) is 30.7. The molecule has 0 aliphatic heterocycles. The van der Waals surface area contributed by atoms with Gasteiger partial charge in [0.1, 0.15) is 6.10 Å². The lowest BCUT2D eigenvalue weighted by Gasteiger charge is -2.21. The zero-order valence-electron chi connectivity index (χ0n) is 45.6. The van der Waals surface area contributed by atoms with Crippen molar-refractivity contribution in [3.8, 4) is 0 Å². The lowest BCUT2D eigenvalue weighted by Crippen LogP contribution is -2.48. The second-order valence-corrected chi connectivity index (χ2v) is 21.3. The molecule has 4 N–H and O–H groups in total. The van der Waals surface area contributed by atoms with E-state index in [2.05, 4.69) is 31.3 Å². The molecule has 5 heteroatoms. The van der Waals surface area contributed by atoms with Crippen molar-refractivity contribution in [2.75, 3.05) is 6.61 Å². The number of nitrogens with one attached hydrogen (secondary N) is 1. The van der Waals surface area contributed by atoms with Crippen LogP contribution < -0.4 is 5.32 Å². The van der Waals surface area contributed by atoms with E-state index < -0.39 is 24.2 Å². The molecule has 0 bridgehead atoms. The molecule has 0 saturated carbocycles. The number of aliphatic hydroxyl groups is 3. The lowest BCUT2D eigenvalue weighted by molar-refractivity contribution is -0.131. The summed E-state index contributed by atoms with van der Waals surface area (Å²) >= 11 is 0. The average molecular weight is 945 g/mol. The summed E-state index contributed by atoms with van der Waals surface area (Å²) in [5.41, 5.74) is 0. The minimum atomic E-state index is -1.10. The zero-order valence-corrected chi connectivity index (χ0v) is 45.6. The highest BCUT2D eigenvalue weighted by Gasteiger charge is 2.22. The van der Waals surface area contributed by atoms with Gasteiger partial charge >= 0.3 is 0 Å². The second-order valence-electron chi connectivity index (χ2n) is 21.3. The average Bonchev–Trinajstić information content (AvgIpc) is 3.33. The molecule has 0 fully saturated rings. The van der Waals surface area contributed by atoms with E-state index in [4.69, 9.17) is 0 Å². The molecule has 0 spiro atoms. The Morgan fingerprint density at radius 1 is 0.358 bits per heavy atom. The maximum Gasteiger partial charge on any atom is 0.249 e. The molecule has 5 nitrogen and oxygen atoms in total. The van der Waals surface area contributed by atoms with E-state index in [9.17, 15) is 20.1 Å². The van der Waals surface area contributed by atoms with Gasteiger partial charge in [0.25, 0.3) is 0 Å². The molecule has 0 radical (unpaired) electrons. The van der Waals surface area contributed by atoms with E-state index in [0.717, 1.165) is 38.5 Å². The van der Waals surface area contributed by atoms with E-state index in [1.54, 1.807) is 6.08 Å². The first-order valence-electron chi connectivity index (χ1n) is 30.7. The molecular weight excluding hydrogens is 823 g/mol. The minimum Gasteiger partial charge on any atom is -0.394 e. The number of amides is 1. The van der Waals surface area contributed by atoms with E-state index in [1.165, 1.54) is 283 Å². The Bertz CT molecular complexity index is 998. The number of carbonyl (C=O) groups excluding carboxylic acids is 1. The number of hydrogen-bond donors (Lipinski definition) is 4. The van der Waals surface area contributed by atoms with Crippen molar-refractivity contribution in [3.63, 3.8) is 0 Å². The summed E-state index contributed by atoms with van der Waals surface area (Å²) in [4.78, 5) is 12.6. The van der Waals surface area contributed by atoms with Crippen LogP contribution >= 0.6 is 0 Å². The van der Waals surface area contributed by atoms with Crippen LogP contribution in [0.25, 0.3) is 0 Å². The van der Waals surface area contributed by atoms with Gasteiger partial charge < -0.3 is 20.6 Å². The van der Waals surface area contributed by atoms with Crippen LogP contribution in [0.2, 0.25) is 0 Å². The molecule has 0 aromatic heterocycles. The Hall–Kier alpha value is -1.17. The third kappa shape index (κ3) is 52.5. The van der Waals surface area contributed by atoms with Crippen LogP contribution in [-0.2, 0) is 4.79 Å². The fourth-order valence-electron chi connectivity index (χ4n) is 9.79. The van der Waals surface area contributed by atoms with Crippen LogP contribution in [0, 0.1) is 0 Å². The van der Waals surface area contributed by atoms with Crippen molar-refractivity contribution in [2.45, 2.75) is 360 Å². The predicted octanol–water partition coefficient (Wildman–Crippen LogP) is 19.2. The third-order valence-corrected chi connectivity index (χ3v) is 14.5. The number of hydrogen-bond acceptors (Lipinski definition) is 4. The monoisotopic (exact) mass is 944 g/mol. The van der Waals surface area contributed by atoms with Gasteiger partial charge in [-0.15, -0.1) is 0 Å². The van der Waals surface area contributed by atoms with Gasteiger partial charge in [-0.2, -0.15) is 0 Å². The number of allylic oxidation sites excluding steroid dienone is 3. The summed E-state index contributed by atoms with van der Waals surface area (Å²) in [6.07, 6.45) is 74.3. The number of unbranched alkanes of at least 4 members (excludes halogenated alkanes) is 47. The number of carbonyl (C=O) groups is 1. The Kier molecular flexibility index (Phi) is 56.4. The van der Waals surface area contributed by atoms with Crippen molar-refractivity contribution >= 4 is 5.91 Å². The van der Waals surface area contributed by atoms with Crippen molar-refractivity contribution in [2.24, 2.45) is 0 Å². The van der Waals surface area contributed by atoms with Crippen LogP contribution in [0.4, 0.5) is 0 Å². The standard InChI is InChI=1S/C62H121NO4/c1-3-5-7-9-11-13-15-17-19-21-23-25-27-29-30-31-33-35-37-39-41-43-45-47-49-51-53-55-57-61(66)62(67)63-59(58-64)60(65)56-54-52-50-48-46-44-42-40-38-36-34-32-28-26-24-22-20-18-16-14-12-10-8-6-4-2/h46,48,54,56,59-61,64-66H,3-45,47,49-53,55,57-58H2,1-2H3,(H,63,67)/b48-46+,56-54+. The molecule has 0 heterocycles. The van der Waals surface area contributed by atoms with E-state index in [1.807, 2.05) is 6.08 Å². The number of aliphatic hydroxyl groups excluding tert-OH is 3. The van der Waals surface area contributed by atoms with Crippen LogP contribution in [0.5, 0.6) is 0 Å². The minimum absolute atomic E-state index is 0.372. The lowest BCUT2D eigenvalue weighted by atomic mass is 10.0. The summed E-state index contributed by atoms with van der Waals surface area (Å²) in [7, 11) is 0. The molecule has 0 aromatic carbocycles. The Balaban J connectivity index is 3.55. The van der Waals surface area contributed by atoms with Gasteiger partial charge in [-0.25, -0.2) is 0 Å². The topological polar surface area (TPSA) is 89.8 Å². The molecule has 0 rings (SSSR count). The zero-order chi connectivity index (χ0) is 48.6. The van der Waals surface area contributed by atoms with Gasteiger partial charge in [0.05, 0.1) is 18.8 Å². The van der Waals surface area contributed by atoms with Crippen molar-refractivity contribution in [3.05, 3.63) is 24.3 Å². The van der Waals surface area contributed by atoms with Gasteiger partial charge in [-0.05, 0) is 32.1 Å². The highest BCUT2D eigenvalue weighted by molar-refractivity contribution is 5.80. The van der Waals surface area contributed by atoms with Crippen LogP contribution in [0.15, 0.2) is 24.3 Å². The first kappa shape index (κ1) is 65.8. The van der Waals surface area contributed by atoms with Crippen molar-refractivity contribution in [1.29, 1.82) is 0 Å². The van der Waals surface area contributed by atoms with Gasteiger partial charge in [-0.1, -0.05) is 334 Å². The number of rotatable bonds is 57. The van der Waals surface area contributed by atoms with Gasteiger partial charge in [0, 0.05) is 0 Å². The normalized spacial score (nSPS) is 13.3. The van der Waals surface area contributed by atoms with Crippen molar-refractivity contribution < 1.29 is 20.1 Å². The predicted molar refractivity (Wildman–Crippen MR) is 296 cm³/mol. The van der Waals surface area contributed by atoms with Gasteiger partial charge in [0.15, 0.2) is 0 Å². The van der Waals surface area contributed by atoms with Gasteiger partial charge in [0.2, 0.25) is 5.91 Å². The third-order valence-electron chi connectivity index (χ3n) is 14.5. The summed E-state index contributed by atoms with van der Waals surface area (Å²) < 4.78 is 0. The van der Waals surface area contributed by atoms with Crippen LogP contribution in [0.1, 0.15) is 341 Å². The Morgan fingerprint density at radius 2 is 0.612 bits per heavy atom. The Morgan fingerprint density at radius 3 is 0.910 bits per heavy atom. The molecule has 67 heavy (non-hydrogen) atoms. The highest BCUT2D eigenvalue weighted by Crippen LogP contribution is 2.18. The second kappa shape index (κ2) is 57.4. The molecule has 3 atom stereocenters. The molecule has 0 saturated heterocycles. The van der Waals surface area contributed by atoms with E-state index in [-0.39, 0.29) is 6.61 Å². The van der Waals surface area contributed by atoms with Crippen molar-refractivity contribution in [1.82, 2.24) is 5.32 Å². The molecule has 398 valence electrons. The first-order chi connectivity index (χ1) is 33.1. The summed E-state index contributed by atoms with van der Waals surface area (Å²) in [5.74, 6) is -0.505. The SMILES string of the molecule is CCCCCCCCCCCCCCCCCCCCC/C=C/CC/C=C/C(O)C(CO)NC(=O)C(O)CCCCCCCCCCCCCCCCCCCCCCCCCCCCCC. The fourth-order valence-corrected chi connectivity index (χ4v) is 9.79. The fraction of sp³-hybridized carbons (Fsp3) is 0.919. The summed E-state index contributed by atoms with van der Waals surface area (Å²) in [6, 6.07) is -0.813.